The topological polar surface area (TPSA) is 55.1 Å². The summed E-state index contributed by atoms with van der Waals surface area (Å²) >= 11 is 6.12. The number of anilines is 1. The number of alkyl halides is 1. The van der Waals surface area contributed by atoms with Gasteiger partial charge < -0.3 is 5.32 Å². The molecule has 2 heterocycles. The molecule has 5 nitrogen and oxygen atoms in total. The molecule has 18 heavy (non-hydrogen) atoms. The van der Waals surface area contributed by atoms with Crippen molar-refractivity contribution in [3.63, 3.8) is 0 Å². The van der Waals surface area contributed by atoms with Crippen LogP contribution in [0.3, 0.4) is 0 Å². The second-order valence-corrected chi connectivity index (χ2v) is 4.77. The Bertz CT molecular complexity index is 524. The van der Waals surface area contributed by atoms with Crippen LogP contribution in [0.25, 0.3) is 5.78 Å². The van der Waals surface area contributed by atoms with Crippen LogP contribution in [-0.4, -0.2) is 31.0 Å². The van der Waals surface area contributed by atoms with Crippen molar-refractivity contribution >= 4 is 23.2 Å². The predicted molar refractivity (Wildman–Crippen MR) is 73.2 cm³/mol. The molecule has 0 bridgehead atoms. The highest BCUT2D eigenvalue weighted by molar-refractivity contribution is 6.18. The van der Waals surface area contributed by atoms with Crippen molar-refractivity contribution in [3.8, 4) is 0 Å². The molecule has 0 atom stereocenters. The van der Waals surface area contributed by atoms with Gasteiger partial charge >= 0.3 is 0 Å². The van der Waals surface area contributed by atoms with Gasteiger partial charge in [0, 0.05) is 17.6 Å². The standard InChI is InChI=1S/C12H18ClN5/c1-4-12(5-2,7-13)17-10-6-9(3)16-11-14-8-15-18(10)11/h6,8,17H,4-5,7H2,1-3H3. The Morgan fingerprint density at radius 3 is 2.72 bits per heavy atom. The molecule has 0 fully saturated rings. The Balaban J connectivity index is 2.44. The first kappa shape index (κ1) is 13.1. The van der Waals surface area contributed by atoms with Crippen LogP contribution in [0.5, 0.6) is 0 Å². The lowest BCUT2D eigenvalue weighted by molar-refractivity contribution is 0.480. The van der Waals surface area contributed by atoms with Gasteiger partial charge in [0.2, 0.25) is 0 Å². The maximum absolute atomic E-state index is 6.12. The summed E-state index contributed by atoms with van der Waals surface area (Å²) in [5, 5.41) is 7.68. The van der Waals surface area contributed by atoms with E-state index in [4.69, 9.17) is 11.6 Å². The fourth-order valence-electron chi connectivity index (χ4n) is 1.94. The summed E-state index contributed by atoms with van der Waals surface area (Å²) in [4.78, 5) is 8.44. The Morgan fingerprint density at radius 1 is 1.39 bits per heavy atom. The summed E-state index contributed by atoms with van der Waals surface area (Å²) in [6.07, 6.45) is 3.41. The van der Waals surface area contributed by atoms with E-state index in [9.17, 15) is 0 Å². The molecule has 1 N–H and O–H groups in total. The number of aryl methyl sites for hydroxylation is 1. The van der Waals surface area contributed by atoms with E-state index in [0.29, 0.717) is 11.7 Å². The van der Waals surface area contributed by atoms with Gasteiger partial charge in [0.15, 0.2) is 0 Å². The third-order valence-electron chi connectivity index (χ3n) is 3.38. The SMILES string of the molecule is CCC(CC)(CCl)Nc1cc(C)nc2ncnn12. The van der Waals surface area contributed by atoms with Crippen molar-refractivity contribution in [2.75, 3.05) is 11.2 Å². The smallest absolute Gasteiger partial charge is 0.254 e. The lowest BCUT2D eigenvalue weighted by Crippen LogP contribution is -2.39. The minimum atomic E-state index is -0.117. The van der Waals surface area contributed by atoms with Gasteiger partial charge in [0.1, 0.15) is 12.1 Å². The highest BCUT2D eigenvalue weighted by Gasteiger charge is 2.26. The number of hydrogen-bond donors (Lipinski definition) is 1. The van der Waals surface area contributed by atoms with Gasteiger partial charge in [0.05, 0.1) is 5.54 Å². The van der Waals surface area contributed by atoms with Gasteiger partial charge in [-0.25, -0.2) is 4.98 Å². The normalized spacial score (nSPS) is 12.0. The molecule has 0 unspecified atom stereocenters. The van der Waals surface area contributed by atoms with Gasteiger partial charge in [-0.05, 0) is 19.8 Å². The minimum Gasteiger partial charge on any atom is -0.363 e. The number of fused-ring (bicyclic) bond motifs is 1. The Hall–Kier alpha value is -1.36. The van der Waals surface area contributed by atoms with Crippen molar-refractivity contribution < 1.29 is 0 Å². The fraction of sp³-hybridized carbons (Fsp3) is 0.583. The molecular weight excluding hydrogens is 250 g/mol. The fourth-order valence-corrected chi connectivity index (χ4v) is 2.39. The molecule has 6 heteroatoms. The van der Waals surface area contributed by atoms with Crippen molar-refractivity contribution in [1.82, 2.24) is 19.6 Å². The third-order valence-corrected chi connectivity index (χ3v) is 3.89. The number of aromatic nitrogens is 4. The Labute approximate surface area is 112 Å². The third kappa shape index (κ3) is 2.27. The van der Waals surface area contributed by atoms with E-state index in [1.807, 2.05) is 13.0 Å². The van der Waals surface area contributed by atoms with E-state index in [1.54, 1.807) is 4.52 Å². The van der Waals surface area contributed by atoms with Crippen molar-refractivity contribution in [1.29, 1.82) is 0 Å². The Kier molecular flexibility index (Phi) is 3.71. The van der Waals surface area contributed by atoms with Crippen LogP contribution in [-0.2, 0) is 0 Å². The van der Waals surface area contributed by atoms with E-state index < -0.39 is 0 Å². The van der Waals surface area contributed by atoms with Gasteiger partial charge in [-0.15, -0.1) is 11.6 Å². The zero-order valence-electron chi connectivity index (χ0n) is 10.9. The minimum absolute atomic E-state index is 0.117. The van der Waals surface area contributed by atoms with Gasteiger partial charge in [-0.2, -0.15) is 14.6 Å². The quantitative estimate of drug-likeness (QED) is 0.846. The average Bonchev–Trinajstić information content (AvgIpc) is 2.84. The van der Waals surface area contributed by atoms with E-state index in [-0.39, 0.29) is 5.54 Å². The monoisotopic (exact) mass is 267 g/mol. The van der Waals surface area contributed by atoms with E-state index in [0.717, 1.165) is 24.4 Å². The molecule has 0 saturated heterocycles. The summed E-state index contributed by atoms with van der Waals surface area (Å²) in [5.41, 5.74) is 0.794. The number of nitrogens with one attached hydrogen (secondary N) is 1. The molecule has 2 rings (SSSR count). The number of halogens is 1. The van der Waals surface area contributed by atoms with Gasteiger partial charge in [-0.3, -0.25) is 0 Å². The lowest BCUT2D eigenvalue weighted by atomic mass is 9.95. The molecule has 0 aliphatic carbocycles. The second kappa shape index (κ2) is 5.10. The zero-order chi connectivity index (χ0) is 13.2. The summed E-state index contributed by atoms with van der Waals surface area (Å²) in [7, 11) is 0. The molecule has 0 saturated carbocycles. The molecule has 0 spiro atoms. The summed E-state index contributed by atoms with van der Waals surface area (Å²) in [5.74, 6) is 2.05. The second-order valence-electron chi connectivity index (χ2n) is 4.50. The maximum atomic E-state index is 6.12. The molecule has 2 aromatic rings. The van der Waals surface area contributed by atoms with Crippen molar-refractivity contribution in [2.24, 2.45) is 0 Å². The summed E-state index contributed by atoms with van der Waals surface area (Å²) < 4.78 is 1.71. The lowest BCUT2D eigenvalue weighted by Gasteiger charge is -2.31. The van der Waals surface area contributed by atoms with E-state index >= 15 is 0 Å². The molecule has 0 radical (unpaired) electrons. The van der Waals surface area contributed by atoms with Crippen LogP contribution in [0.2, 0.25) is 0 Å². The summed E-state index contributed by atoms with van der Waals surface area (Å²) in [6, 6.07) is 1.97. The zero-order valence-corrected chi connectivity index (χ0v) is 11.7. The van der Waals surface area contributed by atoms with Crippen LogP contribution in [0.4, 0.5) is 5.82 Å². The van der Waals surface area contributed by atoms with Crippen LogP contribution in [0.1, 0.15) is 32.4 Å². The first-order valence-corrected chi connectivity index (χ1v) is 6.69. The predicted octanol–water partition coefficient (Wildman–Crippen LogP) is 2.64. The molecule has 0 amide bonds. The van der Waals surface area contributed by atoms with Gasteiger partial charge in [-0.1, -0.05) is 13.8 Å². The van der Waals surface area contributed by atoms with Crippen LogP contribution in [0.15, 0.2) is 12.4 Å². The largest absolute Gasteiger partial charge is 0.363 e. The van der Waals surface area contributed by atoms with Crippen LogP contribution < -0.4 is 5.32 Å². The number of nitrogens with zero attached hydrogens (tertiary/aromatic N) is 4. The molecule has 0 aromatic carbocycles. The highest BCUT2D eigenvalue weighted by Crippen LogP contribution is 2.24. The first-order valence-electron chi connectivity index (χ1n) is 6.15. The van der Waals surface area contributed by atoms with Crippen LogP contribution in [0, 0.1) is 6.92 Å². The van der Waals surface area contributed by atoms with Crippen molar-refractivity contribution in [2.45, 2.75) is 39.2 Å². The van der Waals surface area contributed by atoms with Gasteiger partial charge in [0.25, 0.3) is 5.78 Å². The molecule has 0 aliphatic heterocycles. The van der Waals surface area contributed by atoms with E-state index in [1.165, 1.54) is 6.33 Å². The molecule has 2 aromatic heterocycles. The van der Waals surface area contributed by atoms with E-state index in [2.05, 4.69) is 34.2 Å². The van der Waals surface area contributed by atoms with Crippen molar-refractivity contribution in [3.05, 3.63) is 18.1 Å². The van der Waals surface area contributed by atoms with Crippen LogP contribution >= 0.6 is 11.6 Å². The number of hydrogen-bond acceptors (Lipinski definition) is 4. The molecular formula is C12H18ClN5. The molecule has 0 aliphatic rings. The highest BCUT2D eigenvalue weighted by atomic mass is 35.5. The Morgan fingerprint density at radius 2 is 2.11 bits per heavy atom. The molecule has 98 valence electrons. The maximum Gasteiger partial charge on any atom is 0.254 e. The number of rotatable bonds is 5. The first-order chi connectivity index (χ1) is 8.64. The summed E-state index contributed by atoms with van der Waals surface area (Å²) in [6.45, 7) is 6.21. The average molecular weight is 268 g/mol.